The Bertz CT molecular complexity index is 1040. The lowest BCUT2D eigenvalue weighted by molar-refractivity contribution is -0.384. The summed E-state index contributed by atoms with van der Waals surface area (Å²) >= 11 is 1.41. The first kappa shape index (κ1) is 16.4. The molecule has 0 saturated heterocycles. The lowest BCUT2D eigenvalue weighted by Crippen LogP contribution is -2.12. The molecule has 0 aliphatic heterocycles. The number of ketones is 1. The SMILES string of the molecule is O=C1/C(=C/c2cccc([N+](=O)[O-])c2)CCc2nc(-c3ccccc3)sc21. The zero-order valence-corrected chi connectivity index (χ0v) is 14.5. The van der Waals surface area contributed by atoms with Gasteiger partial charge in [0.15, 0.2) is 0 Å². The van der Waals surface area contributed by atoms with Crippen molar-refractivity contribution in [1.82, 2.24) is 4.98 Å². The number of carbonyl (C=O) groups is 1. The van der Waals surface area contributed by atoms with Gasteiger partial charge in [-0.25, -0.2) is 4.98 Å². The van der Waals surface area contributed by atoms with Gasteiger partial charge in [0.25, 0.3) is 5.69 Å². The van der Waals surface area contributed by atoms with Gasteiger partial charge in [0.05, 0.1) is 15.5 Å². The topological polar surface area (TPSA) is 73.1 Å². The quantitative estimate of drug-likeness (QED) is 0.376. The molecule has 1 aromatic heterocycles. The van der Waals surface area contributed by atoms with Gasteiger partial charge in [0.1, 0.15) is 5.01 Å². The molecule has 0 radical (unpaired) electrons. The number of carbonyl (C=O) groups excluding carboxylic acids is 1. The summed E-state index contributed by atoms with van der Waals surface area (Å²) in [7, 11) is 0. The van der Waals surface area contributed by atoms with Crippen molar-refractivity contribution in [2.75, 3.05) is 0 Å². The third-order valence-corrected chi connectivity index (χ3v) is 5.41. The van der Waals surface area contributed by atoms with E-state index >= 15 is 0 Å². The van der Waals surface area contributed by atoms with Crippen molar-refractivity contribution >= 4 is 28.9 Å². The van der Waals surface area contributed by atoms with E-state index in [-0.39, 0.29) is 11.5 Å². The number of Topliss-reactive ketones (excluding diaryl/α,β-unsaturated/α-hetero) is 1. The summed E-state index contributed by atoms with van der Waals surface area (Å²) < 4.78 is 0. The van der Waals surface area contributed by atoms with Crippen LogP contribution in [0.15, 0.2) is 60.2 Å². The van der Waals surface area contributed by atoms with Crippen LogP contribution in [0.5, 0.6) is 0 Å². The average Bonchev–Trinajstić information content (AvgIpc) is 3.10. The van der Waals surface area contributed by atoms with E-state index in [1.165, 1.54) is 23.5 Å². The number of rotatable bonds is 3. The number of thiazole rings is 1. The zero-order valence-electron chi connectivity index (χ0n) is 13.7. The van der Waals surface area contributed by atoms with E-state index in [9.17, 15) is 14.9 Å². The first-order valence-corrected chi connectivity index (χ1v) is 8.98. The maximum absolute atomic E-state index is 12.9. The molecule has 128 valence electrons. The molecule has 6 heteroatoms. The van der Waals surface area contributed by atoms with Gasteiger partial charge in [-0.3, -0.25) is 14.9 Å². The number of nitro groups is 1. The number of aryl methyl sites for hydroxylation is 1. The van der Waals surface area contributed by atoms with Crippen LogP contribution in [-0.2, 0) is 6.42 Å². The van der Waals surface area contributed by atoms with Crippen LogP contribution in [0.2, 0.25) is 0 Å². The Balaban J connectivity index is 1.67. The standard InChI is InChI=1S/C20H14N2O3S/c23-18-15(11-13-5-4-8-16(12-13)22(24)25)9-10-17-19(18)26-20(21-17)14-6-2-1-3-7-14/h1-8,11-12H,9-10H2/b15-11+. The van der Waals surface area contributed by atoms with Crippen LogP contribution in [0.4, 0.5) is 5.69 Å². The second-order valence-electron chi connectivity index (χ2n) is 6.01. The average molecular weight is 362 g/mol. The normalized spacial score (nSPS) is 15.1. The molecule has 1 heterocycles. The van der Waals surface area contributed by atoms with E-state index in [0.717, 1.165) is 16.3 Å². The van der Waals surface area contributed by atoms with Crippen LogP contribution in [0.1, 0.15) is 27.3 Å². The highest BCUT2D eigenvalue weighted by molar-refractivity contribution is 7.17. The molecule has 26 heavy (non-hydrogen) atoms. The highest BCUT2D eigenvalue weighted by atomic mass is 32.1. The number of nitrogens with zero attached hydrogens (tertiary/aromatic N) is 2. The molecular weight excluding hydrogens is 348 g/mol. The molecule has 5 nitrogen and oxygen atoms in total. The molecule has 0 bridgehead atoms. The van der Waals surface area contributed by atoms with Crippen molar-refractivity contribution < 1.29 is 9.72 Å². The molecular formula is C20H14N2O3S. The first-order chi connectivity index (χ1) is 12.6. The third-order valence-electron chi connectivity index (χ3n) is 4.27. The molecule has 0 saturated carbocycles. The van der Waals surface area contributed by atoms with Gasteiger partial charge in [-0.1, -0.05) is 42.5 Å². The van der Waals surface area contributed by atoms with Crippen LogP contribution in [0.3, 0.4) is 0 Å². The number of non-ortho nitro benzene ring substituents is 1. The molecule has 0 unspecified atom stereocenters. The van der Waals surface area contributed by atoms with Crippen LogP contribution in [0, 0.1) is 10.1 Å². The summed E-state index contributed by atoms with van der Waals surface area (Å²) in [6, 6.07) is 16.1. The van der Waals surface area contributed by atoms with Gasteiger partial charge in [0, 0.05) is 23.3 Å². The van der Waals surface area contributed by atoms with Gasteiger partial charge >= 0.3 is 0 Å². The second-order valence-corrected chi connectivity index (χ2v) is 7.01. The second kappa shape index (κ2) is 6.65. The molecule has 0 fully saturated rings. The van der Waals surface area contributed by atoms with Crippen molar-refractivity contribution in [3.8, 4) is 10.6 Å². The Labute approximate surface area is 153 Å². The van der Waals surface area contributed by atoms with E-state index in [0.29, 0.717) is 28.9 Å². The van der Waals surface area contributed by atoms with Crippen LogP contribution in [0.25, 0.3) is 16.6 Å². The maximum Gasteiger partial charge on any atom is 0.270 e. The van der Waals surface area contributed by atoms with Gasteiger partial charge in [-0.15, -0.1) is 11.3 Å². The number of nitro benzene ring substituents is 1. The van der Waals surface area contributed by atoms with E-state index in [1.54, 1.807) is 18.2 Å². The van der Waals surface area contributed by atoms with Crippen molar-refractivity contribution in [3.63, 3.8) is 0 Å². The number of allylic oxidation sites excluding steroid dienone is 1. The first-order valence-electron chi connectivity index (χ1n) is 8.16. The molecule has 2 aromatic carbocycles. The van der Waals surface area contributed by atoms with Crippen LogP contribution >= 0.6 is 11.3 Å². The minimum Gasteiger partial charge on any atom is -0.288 e. The zero-order chi connectivity index (χ0) is 18.1. The fraction of sp³-hybridized carbons (Fsp3) is 0.100. The Morgan fingerprint density at radius 1 is 1.08 bits per heavy atom. The summed E-state index contributed by atoms with van der Waals surface area (Å²) in [6.07, 6.45) is 3.04. The van der Waals surface area contributed by atoms with E-state index in [2.05, 4.69) is 4.98 Å². The van der Waals surface area contributed by atoms with Crippen molar-refractivity contribution in [1.29, 1.82) is 0 Å². The van der Waals surface area contributed by atoms with E-state index in [4.69, 9.17) is 0 Å². The number of hydrogen-bond donors (Lipinski definition) is 0. The molecule has 0 N–H and O–H groups in total. The fourth-order valence-corrected chi connectivity index (χ4v) is 4.07. The van der Waals surface area contributed by atoms with E-state index in [1.807, 2.05) is 30.3 Å². The van der Waals surface area contributed by atoms with Crippen molar-refractivity contribution in [2.45, 2.75) is 12.8 Å². The lowest BCUT2D eigenvalue weighted by atomic mass is 9.94. The number of benzene rings is 2. The summed E-state index contributed by atoms with van der Waals surface area (Å²) in [6.45, 7) is 0. The summed E-state index contributed by atoms with van der Waals surface area (Å²) in [5.74, 6) is -0.0302. The number of fused-ring (bicyclic) bond motifs is 1. The molecule has 1 aliphatic carbocycles. The summed E-state index contributed by atoms with van der Waals surface area (Å²) in [5, 5.41) is 11.8. The lowest BCUT2D eigenvalue weighted by Gasteiger charge is -2.12. The Hall–Kier alpha value is -3.12. The Morgan fingerprint density at radius 3 is 2.65 bits per heavy atom. The number of hydrogen-bond acceptors (Lipinski definition) is 5. The molecule has 3 aromatic rings. The molecule has 4 rings (SSSR count). The molecule has 0 amide bonds. The Kier molecular flexibility index (Phi) is 4.18. The van der Waals surface area contributed by atoms with Crippen molar-refractivity contribution in [2.24, 2.45) is 0 Å². The van der Waals surface area contributed by atoms with Gasteiger partial charge in [-0.2, -0.15) is 0 Å². The van der Waals surface area contributed by atoms with Gasteiger partial charge < -0.3 is 0 Å². The van der Waals surface area contributed by atoms with Crippen LogP contribution < -0.4 is 0 Å². The smallest absolute Gasteiger partial charge is 0.270 e. The van der Waals surface area contributed by atoms with Gasteiger partial charge in [-0.05, 0) is 24.5 Å². The summed E-state index contributed by atoms with van der Waals surface area (Å²) in [4.78, 5) is 28.6. The molecule has 1 aliphatic rings. The fourth-order valence-electron chi connectivity index (χ4n) is 2.98. The third kappa shape index (κ3) is 3.07. The van der Waals surface area contributed by atoms with Crippen molar-refractivity contribution in [3.05, 3.63) is 86.4 Å². The number of aromatic nitrogens is 1. The minimum atomic E-state index is -0.432. The monoisotopic (exact) mass is 362 g/mol. The summed E-state index contributed by atoms with van der Waals surface area (Å²) in [5.41, 5.74) is 3.20. The predicted octanol–water partition coefficient (Wildman–Crippen LogP) is 4.93. The largest absolute Gasteiger partial charge is 0.288 e. The highest BCUT2D eigenvalue weighted by Crippen LogP contribution is 2.35. The highest BCUT2D eigenvalue weighted by Gasteiger charge is 2.26. The maximum atomic E-state index is 12.9. The molecule has 0 atom stereocenters. The van der Waals surface area contributed by atoms with E-state index < -0.39 is 4.92 Å². The minimum absolute atomic E-state index is 0.0208. The van der Waals surface area contributed by atoms with Crippen LogP contribution in [-0.4, -0.2) is 15.7 Å². The molecule has 0 spiro atoms. The van der Waals surface area contributed by atoms with Gasteiger partial charge in [0.2, 0.25) is 5.78 Å². The Morgan fingerprint density at radius 2 is 1.88 bits per heavy atom. The predicted molar refractivity (Wildman–Crippen MR) is 101 cm³/mol.